The fourth-order valence-electron chi connectivity index (χ4n) is 3.47. The maximum Gasteiger partial charge on any atom is 0.227 e. The second-order valence-corrected chi connectivity index (χ2v) is 6.71. The third-order valence-electron chi connectivity index (χ3n) is 4.92. The Kier molecular flexibility index (Phi) is 4.48. The molecular formula is C18H22N2O5. The van der Waals surface area contributed by atoms with Crippen LogP contribution < -0.4 is 19.7 Å². The highest BCUT2D eigenvalue weighted by molar-refractivity contribution is 6.00. The van der Waals surface area contributed by atoms with Gasteiger partial charge in [0.15, 0.2) is 11.5 Å². The number of hydrogen-bond donors (Lipinski definition) is 1. The molecule has 0 aromatic heterocycles. The molecule has 25 heavy (non-hydrogen) atoms. The van der Waals surface area contributed by atoms with Crippen molar-refractivity contribution in [1.29, 1.82) is 0 Å². The van der Waals surface area contributed by atoms with Crippen molar-refractivity contribution in [3.63, 3.8) is 0 Å². The predicted molar refractivity (Wildman–Crippen MR) is 89.8 cm³/mol. The normalized spacial score (nSPS) is 25.3. The van der Waals surface area contributed by atoms with Crippen molar-refractivity contribution < 1.29 is 23.8 Å². The summed E-state index contributed by atoms with van der Waals surface area (Å²) in [4.78, 5) is 26.4. The molecule has 3 heterocycles. The van der Waals surface area contributed by atoms with E-state index in [4.69, 9.17) is 14.2 Å². The van der Waals surface area contributed by atoms with E-state index in [1.54, 1.807) is 4.90 Å². The molecule has 2 fully saturated rings. The Morgan fingerprint density at radius 1 is 1.20 bits per heavy atom. The van der Waals surface area contributed by atoms with Crippen molar-refractivity contribution in [2.24, 2.45) is 11.8 Å². The van der Waals surface area contributed by atoms with Gasteiger partial charge in [-0.1, -0.05) is 0 Å². The number of hydrogen-bond acceptors (Lipinski definition) is 5. The van der Waals surface area contributed by atoms with E-state index in [9.17, 15) is 9.59 Å². The van der Waals surface area contributed by atoms with Crippen LogP contribution in [0.25, 0.3) is 0 Å². The maximum absolute atomic E-state index is 12.4. The van der Waals surface area contributed by atoms with E-state index in [0.717, 1.165) is 18.7 Å². The molecule has 1 aromatic rings. The Morgan fingerprint density at radius 2 is 2.04 bits per heavy atom. The van der Waals surface area contributed by atoms with Gasteiger partial charge in [-0.2, -0.15) is 0 Å². The lowest BCUT2D eigenvalue weighted by atomic mass is 10.1. The summed E-state index contributed by atoms with van der Waals surface area (Å²) in [6.07, 6.45) is 1.22. The van der Waals surface area contributed by atoms with Crippen LogP contribution in [0.15, 0.2) is 18.2 Å². The molecule has 0 bridgehead atoms. The molecule has 0 radical (unpaired) electrons. The van der Waals surface area contributed by atoms with Crippen molar-refractivity contribution in [1.82, 2.24) is 5.32 Å². The van der Waals surface area contributed by atoms with Crippen LogP contribution in [0, 0.1) is 11.8 Å². The van der Waals surface area contributed by atoms with Crippen LogP contribution in [0.5, 0.6) is 11.5 Å². The van der Waals surface area contributed by atoms with Crippen LogP contribution in [0.3, 0.4) is 0 Å². The lowest BCUT2D eigenvalue weighted by Crippen LogP contribution is -2.36. The largest absolute Gasteiger partial charge is 0.486 e. The van der Waals surface area contributed by atoms with E-state index in [-0.39, 0.29) is 24.2 Å². The molecule has 4 rings (SSSR count). The molecule has 7 heteroatoms. The minimum atomic E-state index is -0.317. The number of amides is 2. The lowest BCUT2D eigenvalue weighted by Gasteiger charge is -2.22. The van der Waals surface area contributed by atoms with Crippen molar-refractivity contribution in [3.05, 3.63) is 18.2 Å². The molecule has 0 spiro atoms. The number of nitrogens with one attached hydrogen (secondary N) is 1. The highest BCUT2D eigenvalue weighted by Gasteiger charge is 2.35. The molecule has 134 valence electrons. The van der Waals surface area contributed by atoms with Gasteiger partial charge in [-0.3, -0.25) is 9.59 Å². The molecule has 2 saturated heterocycles. The Bertz CT molecular complexity index is 671. The number of anilines is 1. The second-order valence-electron chi connectivity index (χ2n) is 6.71. The fourth-order valence-corrected chi connectivity index (χ4v) is 3.47. The first-order chi connectivity index (χ1) is 12.2. The monoisotopic (exact) mass is 346 g/mol. The molecule has 7 nitrogen and oxygen atoms in total. The first kappa shape index (κ1) is 16.2. The second kappa shape index (κ2) is 6.92. The quantitative estimate of drug-likeness (QED) is 0.879. The summed E-state index contributed by atoms with van der Waals surface area (Å²) in [7, 11) is 0. The number of carbonyl (C=O) groups excluding carboxylic acids is 2. The maximum atomic E-state index is 12.4. The molecule has 2 amide bonds. The number of benzene rings is 1. The Hall–Kier alpha value is -2.28. The van der Waals surface area contributed by atoms with Gasteiger partial charge in [-0.05, 0) is 18.6 Å². The first-order valence-corrected chi connectivity index (χ1v) is 8.76. The van der Waals surface area contributed by atoms with Gasteiger partial charge >= 0.3 is 0 Å². The van der Waals surface area contributed by atoms with Gasteiger partial charge in [0.1, 0.15) is 13.2 Å². The minimum absolute atomic E-state index is 0.0407. The molecule has 1 aromatic carbocycles. The fraction of sp³-hybridized carbons (Fsp3) is 0.556. The van der Waals surface area contributed by atoms with E-state index in [0.29, 0.717) is 50.3 Å². The highest BCUT2D eigenvalue weighted by Crippen LogP contribution is 2.36. The third kappa shape index (κ3) is 3.42. The first-order valence-electron chi connectivity index (χ1n) is 8.76. The topological polar surface area (TPSA) is 77.1 Å². The van der Waals surface area contributed by atoms with Crippen molar-refractivity contribution in [3.8, 4) is 11.5 Å². The number of rotatable bonds is 4. The summed E-state index contributed by atoms with van der Waals surface area (Å²) in [5.41, 5.74) is 0.744. The van der Waals surface area contributed by atoms with Crippen molar-refractivity contribution >= 4 is 17.5 Å². The van der Waals surface area contributed by atoms with Crippen LogP contribution in [0.2, 0.25) is 0 Å². The minimum Gasteiger partial charge on any atom is -0.486 e. The van der Waals surface area contributed by atoms with Gasteiger partial charge in [0.25, 0.3) is 0 Å². The van der Waals surface area contributed by atoms with Gasteiger partial charge in [0, 0.05) is 43.8 Å². The zero-order valence-corrected chi connectivity index (χ0v) is 14.0. The van der Waals surface area contributed by atoms with Gasteiger partial charge in [0.05, 0.1) is 12.5 Å². The van der Waals surface area contributed by atoms with E-state index >= 15 is 0 Å². The van der Waals surface area contributed by atoms with Crippen LogP contribution in [-0.4, -0.2) is 51.3 Å². The predicted octanol–water partition coefficient (Wildman–Crippen LogP) is 0.963. The molecule has 0 saturated carbocycles. The zero-order chi connectivity index (χ0) is 17.2. The van der Waals surface area contributed by atoms with Crippen LogP contribution >= 0.6 is 0 Å². The van der Waals surface area contributed by atoms with Gasteiger partial charge in [-0.25, -0.2) is 0 Å². The van der Waals surface area contributed by atoms with Crippen LogP contribution in [0.1, 0.15) is 12.8 Å². The summed E-state index contributed by atoms with van der Waals surface area (Å²) in [5.74, 6) is 1.31. The summed E-state index contributed by atoms with van der Waals surface area (Å²) in [5, 5.41) is 2.97. The summed E-state index contributed by atoms with van der Waals surface area (Å²) in [6.45, 7) is 3.51. The smallest absolute Gasteiger partial charge is 0.227 e. The standard InChI is InChI=1S/C18H22N2O5/c21-17-7-13(18(22)19-9-12-3-4-23-11-12)10-20(17)14-1-2-15-16(8-14)25-6-5-24-15/h1-2,8,12-13H,3-7,9-11H2,(H,19,22)/t12-,13-/m1/s1. The molecule has 3 aliphatic rings. The molecule has 0 unspecified atom stereocenters. The van der Waals surface area contributed by atoms with Crippen molar-refractivity contribution in [2.45, 2.75) is 12.8 Å². The van der Waals surface area contributed by atoms with E-state index in [2.05, 4.69) is 5.32 Å². The lowest BCUT2D eigenvalue weighted by molar-refractivity contribution is -0.126. The number of nitrogens with zero attached hydrogens (tertiary/aromatic N) is 1. The molecule has 1 N–H and O–H groups in total. The molecule has 2 atom stereocenters. The highest BCUT2D eigenvalue weighted by atomic mass is 16.6. The van der Waals surface area contributed by atoms with E-state index in [1.807, 2.05) is 18.2 Å². The van der Waals surface area contributed by atoms with Crippen molar-refractivity contribution in [2.75, 3.05) is 44.4 Å². The van der Waals surface area contributed by atoms with Gasteiger partial charge in [-0.15, -0.1) is 0 Å². The summed E-state index contributed by atoms with van der Waals surface area (Å²) < 4.78 is 16.4. The Balaban J connectivity index is 1.39. The van der Waals surface area contributed by atoms with Crippen LogP contribution in [0.4, 0.5) is 5.69 Å². The van der Waals surface area contributed by atoms with E-state index < -0.39 is 0 Å². The summed E-state index contributed by atoms with van der Waals surface area (Å²) >= 11 is 0. The van der Waals surface area contributed by atoms with E-state index in [1.165, 1.54) is 0 Å². The average molecular weight is 346 g/mol. The Morgan fingerprint density at radius 3 is 2.84 bits per heavy atom. The average Bonchev–Trinajstić information content (AvgIpc) is 3.29. The number of carbonyl (C=O) groups is 2. The number of fused-ring (bicyclic) bond motifs is 1. The van der Waals surface area contributed by atoms with Crippen LogP contribution in [-0.2, 0) is 14.3 Å². The molecule has 0 aliphatic carbocycles. The SMILES string of the molecule is O=C(NC[C@H]1CCOC1)[C@@H]1CC(=O)N(c2ccc3c(c2)OCCO3)C1. The number of ether oxygens (including phenoxy) is 3. The third-order valence-corrected chi connectivity index (χ3v) is 4.92. The zero-order valence-electron chi connectivity index (χ0n) is 14.0. The van der Waals surface area contributed by atoms with Gasteiger partial charge in [0.2, 0.25) is 11.8 Å². The Labute approximate surface area is 146 Å². The molecular weight excluding hydrogens is 324 g/mol. The van der Waals surface area contributed by atoms with Gasteiger partial charge < -0.3 is 24.4 Å². The molecule has 3 aliphatic heterocycles. The summed E-state index contributed by atoms with van der Waals surface area (Å²) in [6, 6.07) is 5.45.